The van der Waals surface area contributed by atoms with Crippen molar-refractivity contribution in [2.24, 2.45) is 0 Å². The number of nitrogens with zero attached hydrogens (tertiary/aromatic N) is 4. The molecule has 0 aliphatic heterocycles. The maximum absolute atomic E-state index is 2.42. The van der Waals surface area contributed by atoms with Crippen molar-refractivity contribution in [3.05, 3.63) is 267 Å². The zero-order valence-corrected chi connectivity index (χ0v) is 38.2. The van der Waals surface area contributed by atoms with E-state index in [1.54, 1.807) is 0 Å². The van der Waals surface area contributed by atoms with Crippen LogP contribution in [-0.4, -0.2) is 9.13 Å². The lowest BCUT2D eigenvalue weighted by atomic mass is 9.95. The Morgan fingerprint density at radius 3 is 0.957 bits per heavy atom. The Kier molecular flexibility index (Phi) is 9.17. The van der Waals surface area contributed by atoms with Gasteiger partial charge in [0.15, 0.2) is 0 Å². The Morgan fingerprint density at radius 2 is 0.529 bits per heavy atom. The van der Waals surface area contributed by atoms with E-state index >= 15 is 0 Å². The quantitative estimate of drug-likeness (QED) is 0.141. The molecule has 0 amide bonds. The van der Waals surface area contributed by atoms with E-state index < -0.39 is 0 Å². The lowest BCUT2D eigenvalue weighted by Gasteiger charge is -2.28. The van der Waals surface area contributed by atoms with Gasteiger partial charge in [0.2, 0.25) is 0 Å². The van der Waals surface area contributed by atoms with Crippen LogP contribution >= 0.6 is 0 Å². The first kappa shape index (κ1) is 39.8. The van der Waals surface area contributed by atoms with Crippen LogP contribution in [0.15, 0.2) is 267 Å². The predicted molar refractivity (Wildman–Crippen MR) is 297 cm³/mol. The van der Waals surface area contributed by atoms with Gasteiger partial charge in [-0.25, -0.2) is 0 Å². The summed E-state index contributed by atoms with van der Waals surface area (Å²) in [4.78, 5) is 4.85. The van der Waals surface area contributed by atoms with Crippen LogP contribution in [0.1, 0.15) is 0 Å². The molecule has 0 atom stereocenters. The Hall–Kier alpha value is -9.38. The molecule has 0 aliphatic carbocycles. The van der Waals surface area contributed by atoms with Crippen molar-refractivity contribution in [2.75, 3.05) is 9.80 Å². The summed E-state index contributed by atoms with van der Waals surface area (Å²) in [6, 6.07) is 97.2. The molecule has 2 aromatic heterocycles. The molecule has 70 heavy (non-hydrogen) atoms. The molecule has 0 fully saturated rings. The molecular formula is C66H44N4. The fourth-order valence-corrected chi connectivity index (χ4v) is 11.2. The van der Waals surface area contributed by atoms with Crippen LogP contribution in [0, 0.1) is 0 Å². The molecule has 14 aromatic rings. The average Bonchev–Trinajstić information content (AvgIpc) is 3.94. The molecule has 0 unspecified atom stereocenters. The van der Waals surface area contributed by atoms with Gasteiger partial charge in [0, 0.05) is 66.4 Å². The summed E-state index contributed by atoms with van der Waals surface area (Å²) < 4.78 is 4.76. The van der Waals surface area contributed by atoms with Gasteiger partial charge in [-0.3, -0.25) is 0 Å². The first-order valence-corrected chi connectivity index (χ1v) is 24.0. The van der Waals surface area contributed by atoms with Gasteiger partial charge in [0.1, 0.15) is 0 Å². The van der Waals surface area contributed by atoms with E-state index in [0.29, 0.717) is 0 Å². The van der Waals surface area contributed by atoms with Crippen LogP contribution in [0.2, 0.25) is 0 Å². The molecule has 0 saturated carbocycles. The minimum absolute atomic E-state index is 1.10. The highest BCUT2D eigenvalue weighted by atomic mass is 15.2. The minimum atomic E-state index is 1.10. The smallest absolute Gasteiger partial charge is 0.0542 e. The highest BCUT2D eigenvalue weighted by Gasteiger charge is 2.22. The summed E-state index contributed by atoms with van der Waals surface area (Å²) in [6.07, 6.45) is 0. The molecule has 0 radical (unpaired) electrons. The molecule has 12 aromatic carbocycles. The molecular weight excluding hydrogens is 849 g/mol. The number of hydrogen-bond donors (Lipinski definition) is 0. The van der Waals surface area contributed by atoms with Crippen molar-refractivity contribution in [1.29, 1.82) is 0 Å². The lowest BCUT2D eigenvalue weighted by molar-refractivity contribution is 1.18. The molecule has 0 aliphatic rings. The summed E-state index contributed by atoms with van der Waals surface area (Å²) in [5.41, 5.74) is 13.7. The van der Waals surface area contributed by atoms with Gasteiger partial charge in [0.25, 0.3) is 0 Å². The normalized spacial score (nSPS) is 11.7. The van der Waals surface area contributed by atoms with E-state index in [9.17, 15) is 0 Å². The molecule has 14 rings (SSSR count). The van der Waals surface area contributed by atoms with Crippen molar-refractivity contribution in [1.82, 2.24) is 9.13 Å². The standard InChI is InChI=1S/C66H44N4/c1-5-19-45(20-6-1)67(49-35-41-65-59(43-49)55-27-13-15-31-63(55)69(65)47-23-9-3-10-24-47)61-33-17-29-51-53-38-40-58-52(54(53)37-39-57(51)61)30-18-34-62(58)68(46-21-7-2-8-22-46)50-36-42-66-60(44-50)56-28-14-16-32-64(56)70(66)48-25-11-4-12-26-48/h1-44H. The second kappa shape index (κ2) is 16.2. The summed E-state index contributed by atoms with van der Waals surface area (Å²) >= 11 is 0. The SMILES string of the molecule is c1ccc(N(c2ccc3c(c2)c2ccccc2n3-c2ccccc2)c2cccc3c2ccc2c4cccc(N(c5ccccc5)c5ccc6c(c5)c5ccccc5n6-c5ccccc5)c4ccc32)cc1. The molecule has 0 saturated heterocycles. The topological polar surface area (TPSA) is 16.3 Å². The van der Waals surface area contributed by atoms with Crippen molar-refractivity contribution in [3.8, 4) is 11.4 Å². The largest absolute Gasteiger partial charge is 0.310 e. The number of benzene rings is 12. The summed E-state index contributed by atoms with van der Waals surface area (Å²) in [5, 5.41) is 12.1. The third-order valence-electron chi connectivity index (χ3n) is 14.2. The van der Waals surface area contributed by atoms with E-state index in [1.807, 2.05) is 0 Å². The Bertz CT molecular complexity index is 4010. The number of anilines is 6. The second-order valence-corrected chi connectivity index (χ2v) is 18.1. The van der Waals surface area contributed by atoms with Crippen LogP contribution in [-0.2, 0) is 0 Å². The highest BCUT2D eigenvalue weighted by molar-refractivity contribution is 6.22. The first-order valence-electron chi connectivity index (χ1n) is 24.0. The number of hydrogen-bond acceptors (Lipinski definition) is 2. The van der Waals surface area contributed by atoms with Gasteiger partial charge < -0.3 is 18.9 Å². The van der Waals surface area contributed by atoms with E-state index in [-0.39, 0.29) is 0 Å². The number of para-hydroxylation sites is 6. The second-order valence-electron chi connectivity index (χ2n) is 18.1. The van der Waals surface area contributed by atoms with Crippen LogP contribution < -0.4 is 9.80 Å². The summed E-state index contributed by atoms with van der Waals surface area (Å²) in [6.45, 7) is 0. The molecule has 328 valence electrons. The lowest BCUT2D eigenvalue weighted by Crippen LogP contribution is -2.10. The third-order valence-corrected chi connectivity index (χ3v) is 14.2. The molecule has 0 bridgehead atoms. The molecule has 0 N–H and O–H groups in total. The van der Waals surface area contributed by atoms with Crippen molar-refractivity contribution >= 4 is 110 Å². The maximum atomic E-state index is 2.42. The Morgan fingerprint density at radius 1 is 0.200 bits per heavy atom. The molecule has 0 spiro atoms. The monoisotopic (exact) mass is 892 g/mol. The van der Waals surface area contributed by atoms with Crippen molar-refractivity contribution in [2.45, 2.75) is 0 Å². The average molecular weight is 893 g/mol. The number of fused-ring (bicyclic) bond motifs is 11. The van der Waals surface area contributed by atoms with Gasteiger partial charge in [-0.2, -0.15) is 0 Å². The van der Waals surface area contributed by atoms with Gasteiger partial charge >= 0.3 is 0 Å². The zero-order valence-electron chi connectivity index (χ0n) is 38.2. The summed E-state index contributed by atoms with van der Waals surface area (Å²) in [7, 11) is 0. The van der Waals surface area contributed by atoms with E-state index in [1.165, 1.54) is 75.9 Å². The first-order chi connectivity index (χ1) is 34.8. The fourth-order valence-electron chi connectivity index (χ4n) is 11.2. The van der Waals surface area contributed by atoms with Crippen LogP contribution in [0.5, 0.6) is 0 Å². The van der Waals surface area contributed by atoms with Gasteiger partial charge in [-0.05, 0) is 131 Å². The maximum Gasteiger partial charge on any atom is 0.0542 e. The Balaban J connectivity index is 0.933. The van der Waals surface area contributed by atoms with Crippen LogP contribution in [0.4, 0.5) is 34.1 Å². The van der Waals surface area contributed by atoms with Crippen LogP contribution in [0.3, 0.4) is 0 Å². The fraction of sp³-hybridized carbons (Fsp3) is 0. The number of aromatic nitrogens is 2. The van der Waals surface area contributed by atoms with E-state index in [2.05, 4.69) is 286 Å². The molecule has 2 heterocycles. The van der Waals surface area contributed by atoms with Gasteiger partial charge in [-0.1, -0.05) is 158 Å². The third kappa shape index (κ3) is 6.24. The zero-order chi connectivity index (χ0) is 46.1. The highest BCUT2D eigenvalue weighted by Crippen LogP contribution is 2.46. The van der Waals surface area contributed by atoms with Gasteiger partial charge in [0.05, 0.1) is 33.4 Å². The summed E-state index contributed by atoms with van der Waals surface area (Å²) in [5.74, 6) is 0. The van der Waals surface area contributed by atoms with Crippen molar-refractivity contribution < 1.29 is 0 Å². The van der Waals surface area contributed by atoms with Crippen LogP contribution in [0.25, 0.3) is 87.3 Å². The minimum Gasteiger partial charge on any atom is -0.310 e. The predicted octanol–water partition coefficient (Wildman–Crippen LogP) is 18.3. The van der Waals surface area contributed by atoms with E-state index in [0.717, 1.165) is 45.5 Å². The van der Waals surface area contributed by atoms with Gasteiger partial charge in [-0.15, -0.1) is 0 Å². The molecule has 4 heteroatoms. The van der Waals surface area contributed by atoms with E-state index in [4.69, 9.17) is 0 Å². The Labute approximate surface area is 405 Å². The molecule has 4 nitrogen and oxygen atoms in total. The number of rotatable bonds is 8. The van der Waals surface area contributed by atoms with Crippen molar-refractivity contribution in [3.63, 3.8) is 0 Å².